The smallest absolute Gasteiger partial charge is 0.214 e. The third-order valence-corrected chi connectivity index (χ3v) is 5.60. The molecule has 3 N–H and O–H groups in total. The van der Waals surface area contributed by atoms with Crippen LogP contribution in [0.15, 0.2) is 29.6 Å². The maximum Gasteiger partial charge on any atom is 0.214 e. The van der Waals surface area contributed by atoms with Crippen LogP contribution in [-0.4, -0.2) is 47.6 Å². The van der Waals surface area contributed by atoms with E-state index in [2.05, 4.69) is 10.1 Å². The molecule has 21 heavy (non-hydrogen) atoms. The highest BCUT2D eigenvalue weighted by Crippen LogP contribution is 2.20. The second-order valence-electron chi connectivity index (χ2n) is 5.09. The van der Waals surface area contributed by atoms with E-state index in [-0.39, 0.29) is 17.5 Å². The van der Waals surface area contributed by atoms with Crippen molar-refractivity contribution in [2.75, 3.05) is 18.8 Å². The zero-order valence-corrected chi connectivity index (χ0v) is 12.5. The summed E-state index contributed by atoms with van der Waals surface area (Å²) in [6.45, 7) is 0.816. The summed E-state index contributed by atoms with van der Waals surface area (Å²) >= 11 is 0. The van der Waals surface area contributed by atoms with Crippen LogP contribution in [0.3, 0.4) is 0 Å². The zero-order valence-electron chi connectivity index (χ0n) is 11.7. The van der Waals surface area contributed by atoms with Crippen LogP contribution >= 0.6 is 0 Å². The zero-order chi connectivity index (χ0) is 15.3. The fourth-order valence-electron chi connectivity index (χ4n) is 2.42. The van der Waals surface area contributed by atoms with Crippen molar-refractivity contribution in [1.82, 2.24) is 9.29 Å². The molecule has 0 aliphatic carbocycles. The van der Waals surface area contributed by atoms with Crippen molar-refractivity contribution < 1.29 is 13.6 Å². The van der Waals surface area contributed by atoms with Gasteiger partial charge in [-0.25, -0.2) is 12.7 Å². The van der Waals surface area contributed by atoms with Gasteiger partial charge in [0.05, 0.1) is 5.75 Å². The number of hydrogen-bond acceptors (Lipinski definition) is 5. The molecular formula is C13H20N4O3S. The molecule has 0 radical (unpaired) electrons. The van der Waals surface area contributed by atoms with Gasteiger partial charge in [-0.2, -0.15) is 0 Å². The van der Waals surface area contributed by atoms with Crippen molar-refractivity contribution in [3.63, 3.8) is 0 Å². The monoisotopic (exact) mass is 312 g/mol. The van der Waals surface area contributed by atoms with E-state index in [9.17, 15) is 8.42 Å². The minimum Gasteiger partial charge on any atom is -0.409 e. The predicted octanol–water partition coefficient (Wildman–Crippen LogP) is 0.412. The normalized spacial score (nSPS) is 18.8. The number of sulfonamides is 1. The molecule has 0 amide bonds. The first-order chi connectivity index (χ1) is 10.0. The molecule has 1 aromatic heterocycles. The summed E-state index contributed by atoms with van der Waals surface area (Å²) < 4.78 is 26.1. The van der Waals surface area contributed by atoms with Crippen molar-refractivity contribution in [2.24, 2.45) is 16.8 Å². The van der Waals surface area contributed by atoms with E-state index >= 15 is 0 Å². The summed E-state index contributed by atoms with van der Waals surface area (Å²) in [6, 6.07) is 5.47. The lowest BCUT2D eigenvalue weighted by Gasteiger charge is -2.30. The van der Waals surface area contributed by atoms with Gasteiger partial charge in [0, 0.05) is 37.3 Å². The number of aromatic nitrogens is 1. The minimum atomic E-state index is -3.29. The average Bonchev–Trinajstić information content (AvgIpc) is 2.53. The van der Waals surface area contributed by atoms with Crippen LogP contribution < -0.4 is 5.73 Å². The largest absolute Gasteiger partial charge is 0.409 e. The Balaban J connectivity index is 1.89. The van der Waals surface area contributed by atoms with Crippen molar-refractivity contribution in [1.29, 1.82) is 0 Å². The van der Waals surface area contributed by atoms with Gasteiger partial charge in [-0.05, 0) is 25.0 Å². The van der Waals surface area contributed by atoms with E-state index in [0.29, 0.717) is 32.4 Å². The lowest BCUT2D eigenvalue weighted by molar-refractivity contribution is 0.291. The van der Waals surface area contributed by atoms with Gasteiger partial charge in [0.2, 0.25) is 10.0 Å². The lowest BCUT2D eigenvalue weighted by Crippen LogP contribution is -2.42. The molecule has 1 aromatic rings. The van der Waals surface area contributed by atoms with Crippen LogP contribution in [-0.2, 0) is 16.4 Å². The molecule has 2 rings (SSSR count). The van der Waals surface area contributed by atoms with Crippen LogP contribution in [0.25, 0.3) is 0 Å². The van der Waals surface area contributed by atoms with E-state index in [1.54, 1.807) is 12.3 Å². The third-order valence-electron chi connectivity index (χ3n) is 3.72. The van der Waals surface area contributed by atoms with Gasteiger partial charge in [-0.1, -0.05) is 11.2 Å². The first-order valence-corrected chi connectivity index (χ1v) is 8.49. The van der Waals surface area contributed by atoms with Crippen LogP contribution in [0, 0.1) is 5.92 Å². The molecule has 0 unspecified atom stereocenters. The molecule has 1 aliphatic heterocycles. The van der Waals surface area contributed by atoms with Crippen LogP contribution in [0.1, 0.15) is 18.5 Å². The molecular weight excluding hydrogens is 292 g/mol. The summed E-state index contributed by atoms with van der Waals surface area (Å²) in [5.41, 5.74) is 6.33. The summed E-state index contributed by atoms with van der Waals surface area (Å²) in [5, 5.41) is 11.6. The van der Waals surface area contributed by atoms with Crippen molar-refractivity contribution in [3.05, 3.63) is 30.1 Å². The number of pyridine rings is 1. The predicted molar refractivity (Wildman–Crippen MR) is 79.4 cm³/mol. The number of oxime groups is 1. The highest BCUT2D eigenvalue weighted by atomic mass is 32.2. The molecule has 2 heterocycles. The van der Waals surface area contributed by atoms with E-state index in [0.717, 1.165) is 5.69 Å². The highest BCUT2D eigenvalue weighted by Gasteiger charge is 2.29. The standard InChI is InChI=1S/C13H20N4O3S/c14-13(16-18)11-4-8-17(9-5-11)21(19,20)10-6-12-3-1-2-7-15-12/h1-3,7,11,18H,4-6,8-10H2,(H2,14,16). The number of hydrogen-bond donors (Lipinski definition) is 2. The number of amidine groups is 1. The Bertz CT molecular complexity index is 581. The van der Waals surface area contributed by atoms with Crippen LogP contribution in [0.5, 0.6) is 0 Å². The van der Waals surface area contributed by atoms with Crippen molar-refractivity contribution in [2.45, 2.75) is 19.3 Å². The molecule has 116 valence electrons. The van der Waals surface area contributed by atoms with Gasteiger partial charge in [-0.3, -0.25) is 4.98 Å². The topological polar surface area (TPSA) is 109 Å². The number of nitrogens with zero attached hydrogens (tertiary/aromatic N) is 3. The molecule has 0 saturated carbocycles. The Morgan fingerprint density at radius 2 is 2.14 bits per heavy atom. The van der Waals surface area contributed by atoms with Crippen LogP contribution in [0.4, 0.5) is 0 Å². The molecule has 8 heteroatoms. The Kier molecular flexibility index (Phi) is 5.13. The minimum absolute atomic E-state index is 0.0442. The van der Waals surface area contributed by atoms with Gasteiger partial charge in [0.15, 0.2) is 0 Å². The van der Waals surface area contributed by atoms with Gasteiger partial charge in [-0.15, -0.1) is 0 Å². The summed E-state index contributed by atoms with van der Waals surface area (Å²) in [6.07, 6.45) is 3.23. The lowest BCUT2D eigenvalue weighted by atomic mass is 9.97. The van der Waals surface area contributed by atoms with Gasteiger partial charge < -0.3 is 10.9 Å². The molecule has 0 aromatic carbocycles. The Morgan fingerprint density at radius 3 is 2.71 bits per heavy atom. The Morgan fingerprint density at radius 1 is 1.43 bits per heavy atom. The molecule has 0 atom stereocenters. The fraction of sp³-hybridized carbons (Fsp3) is 0.538. The molecule has 7 nitrogen and oxygen atoms in total. The molecule has 0 bridgehead atoms. The SMILES string of the molecule is NC(=NO)C1CCN(S(=O)(=O)CCc2ccccn2)CC1. The van der Waals surface area contributed by atoms with Gasteiger partial charge in [0.25, 0.3) is 0 Å². The van der Waals surface area contributed by atoms with E-state index in [1.807, 2.05) is 12.1 Å². The summed E-state index contributed by atoms with van der Waals surface area (Å²) in [7, 11) is -3.29. The second kappa shape index (κ2) is 6.86. The fourth-order valence-corrected chi connectivity index (χ4v) is 3.91. The first-order valence-electron chi connectivity index (χ1n) is 6.88. The molecule has 0 spiro atoms. The van der Waals surface area contributed by atoms with E-state index < -0.39 is 10.0 Å². The van der Waals surface area contributed by atoms with E-state index in [1.165, 1.54) is 4.31 Å². The third kappa shape index (κ3) is 4.15. The van der Waals surface area contributed by atoms with Crippen molar-refractivity contribution in [3.8, 4) is 0 Å². The molecule has 1 saturated heterocycles. The highest BCUT2D eigenvalue weighted by molar-refractivity contribution is 7.89. The molecule has 1 aliphatic rings. The quantitative estimate of drug-likeness (QED) is 0.354. The molecule has 1 fully saturated rings. The number of nitrogens with two attached hydrogens (primary N) is 1. The van der Waals surface area contributed by atoms with Crippen molar-refractivity contribution >= 4 is 15.9 Å². The Hall–Kier alpha value is -1.67. The maximum atomic E-state index is 12.3. The van der Waals surface area contributed by atoms with E-state index in [4.69, 9.17) is 10.9 Å². The Labute approximate surface area is 124 Å². The first kappa shape index (κ1) is 15.7. The number of aryl methyl sites for hydroxylation is 1. The number of piperidine rings is 1. The summed E-state index contributed by atoms with van der Waals surface area (Å²) in [4.78, 5) is 4.13. The number of rotatable bonds is 5. The average molecular weight is 312 g/mol. The summed E-state index contributed by atoms with van der Waals surface area (Å²) in [5.74, 6) is 0.191. The second-order valence-corrected chi connectivity index (χ2v) is 7.17. The van der Waals surface area contributed by atoms with Crippen LogP contribution in [0.2, 0.25) is 0 Å². The van der Waals surface area contributed by atoms with Gasteiger partial charge in [0.1, 0.15) is 5.84 Å². The maximum absolute atomic E-state index is 12.3. The van der Waals surface area contributed by atoms with Gasteiger partial charge >= 0.3 is 0 Å².